The van der Waals surface area contributed by atoms with Crippen LogP contribution in [0.1, 0.15) is 12.2 Å². The minimum atomic E-state index is -2.94. The normalized spacial score (nSPS) is 18.8. The van der Waals surface area contributed by atoms with E-state index in [0.717, 1.165) is 0 Å². The molecule has 0 aliphatic carbocycles. The lowest BCUT2D eigenvalue weighted by Crippen LogP contribution is -2.24. The molecule has 3 aromatic rings. The van der Waals surface area contributed by atoms with Crippen molar-refractivity contribution < 1.29 is 8.42 Å². The van der Waals surface area contributed by atoms with Crippen LogP contribution in [-0.4, -0.2) is 34.7 Å². The van der Waals surface area contributed by atoms with Gasteiger partial charge in [0.1, 0.15) is 5.82 Å². The van der Waals surface area contributed by atoms with Gasteiger partial charge in [-0.05, 0) is 30.7 Å². The zero-order chi connectivity index (χ0) is 19.0. The molecule has 0 spiro atoms. The number of hydrogen-bond donors (Lipinski definition) is 0. The van der Waals surface area contributed by atoms with Gasteiger partial charge >= 0.3 is 0 Å². The summed E-state index contributed by atoms with van der Waals surface area (Å²) in [6, 6.07) is 14.4. The molecule has 2 heterocycles. The van der Waals surface area contributed by atoms with Crippen molar-refractivity contribution >= 4 is 44.1 Å². The van der Waals surface area contributed by atoms with Crippen LogP contribution in [0.5, 0.6) is 0 Å². The number of thioether (sulfide) groups is 1. The van der Waals surface area contributed by atoms with Crippen molar-refractivity contribution in [1.29, 1.82) is 0 Å². The lowest BCUT2D eigenvalue weighted by molar-refractivity contribution is 0.602. The van der Waals surface area contributed by atoms with Crippen LogP contribution in [0.2, 0.25) is 5.02 Å². The summed E-state index contributed by atoms with van der Waals surface area (Å²) in [6.45, 7) is 0. The van der Waals surface area contributed by atoms with Crippen molar-refractivity contribution in [3.63, 3.8) is 0 Å². The van der Waals surface area contributed by atoms with Crippen LogP contribution < -0.4 is 5.56 Å². The predicted octanol–water partition coefficient (Wildman–Crippen LogP) is 3.46. The molecule has 1 aromatic heterocycles. The summed E-state index contributed by atoms with van der Waals surface area (Å²) in [5.74, 6) is 1.42. The molecule has 2 aromatic carbocycles. The smallest absolute Gasteiger partial charge is 0.266 e. The van der Waals surface area contributed by atoms with Crippen molar-refractivity contribution in [3.05, 3.63) is 69.7 Å². The van der Waals surface area contributed by atoms with Crippen LogP contribution in [0.3, 0.4) is 0 Å². The third kappa shape index (κ3) is 3.77. The zero-order valence-corrected chi connectivity index (χ0v) is 16.7. The topological polar surface area (TPSA) is 69.0 Å². The van der Waals surface area contributed by atoms with Gasteiger partial charge in [-0.25, -0.2) is 13.4 Å². The van der Waals surface area contributed by atoms with Gasteiger partial charge in [0.25, 0.3) is 5.56 Å². The minimum absolute atomic E-state index is 0.0260. The molecule has 4 rings (SSSR count). The molecule has 1 atom stereocenters. The molecule has 27 heavy (non-hydrogen) atoms. The maximum atomic E-state index is 13.2. The molecule has 1 saturated heterocycles. The highest BCUT2D eigenvalue weighted by atomic mass is 35.5. The Morgan fingerprint density at radius 1 is 1.15 bits per heavy atom. The second-order valence-corrected chi connectivity index (χ2v) is 10.4. The predicted molar refractivity (Wildman–Crippen MR) is 111 cm³/mol. The van der Waals surface area contributed by atoms with E-state index in [1.165, 1.54) is 11.8 Å². The molecule has 0 saturated carbocycles. The van der Waals surface area contributed by atoms with E-state index in [0.29, 0.717) is 39.6 Å². The first-order valence-corrected chi connectivity index (χ1v) is 11.8. The monoisotopic (exact) mass is 420 g/mol. The zero-order valence-electron chi connectivity index (χ0n) is 14.3. The fourth-order valence-electron chi connectivity index (χ4n) is 3.24. The van der Waals surface area contributed by atoms with Crippen LogP contribution in [-0.2, 0) is 15.6 Å². The number of sulfone groups is 1. The molecule has 1 fully saturated rings. The fourth-order valence-corrected chi connectivity index (χ4v) is 7.02. The molecule has 140 valence electrons. The van der Waals surface area contributed by atoms with Gasteiger partial charge in [-0.2, -0.15) is 0 Å². The summed E-state index contributed by atoms with van der Waals surface area (Å²) >= 11 is 7.87. The first kappa shape index (κ1) is 18.5. The summed E-state index contributed by atoms with van der Waals surface area (Å²) < 4.78 is 25.0. The quantitative estimate of drug-likeness (QED) is 0.646. The summed E-state index contributed by atoms with van der Waals surface area (Å²) in [7, 11) is -2.94. The van der Waals surface area contributed by atoms with E-state index in [1.54, 1.807) is 28.8 Å². The Balaban J connectivity index is 1.80. The van der Waals surface area contributed by atoms with Crippen LogP contribution >= 0.6 is 23.4 Å². The molecule has 0 amide bonds. The van der Waals surface area contributed by atoms with E-state index in [2.05, 4.69) is 4.98 Å². The average molecular weight is 421 g/mol. The molecule has 1 aliphatic heterocycles. The number of benzene rings is 2. The highest BCUT2D eigenvalue weighted by Gasteiger charge is 2.28. The lowest BCUT2D eigenvalue weighted by Gasteiger charge is -2.16. The van der Waals surface area contributed by atoms with Crippen molar-refractivity contribution in [2.75, 3.05) is 11.5 Å². The van der Waals surface area contributed by atoms with Crippen molar-refractivity contribution in [2.45, 2.75) is 17.4 Å². The van der Waals surface area contributed by atoms with Gasteiger partial charge in [0.2, 0.25) is 0 Å². The van der Waals surface area contributed by atoms with Gasteiger partial charge in [-0.1, -0.05) is 35.9 Å². The molecule has 1 aliphatic rings. The number of rotatable bonds is 4. The van der Waals surface area contributed by atoms with Crippen LogP contribution in [0.25, 0.3) is 16.6 Å². The SMILES string of the molecule is O=c1c2ccccc2nc(CSC2CCS(=O)(=O)C2)n1-c1ccccc1Cl. The Bertz CT molecular complexity index is 1180. The van der Waals surface area contributed by atoms with E-state index < -0.39 is 9.84 Å². The van der Waals surface area contributed by atoms with E-state index in [9.17, 15) is 13.2 Å². The van der Waals surface area contributed by atoms with Gasteiger partial charge in [0.15, 0.2) is 9.84 Å². The number of aromatic nitrogens is 2. The third-order valence-electron chi connectivity index (χ3n) is 4.58. The lowest BCUT2D eigenvalue weighted by atomic mass is 10.2. The molecule has 0 N–H and O–H groups in total. The van der Waals surface area contributed by atoms with Gasteiger partial charge < -0.3 is 0 Å². The summed E-state index contributed by atoms with van der Waals surface area (Å²) in [6.07, 6.45) is 0.636. The maximum absolute atomic E-state index is 13.2. The maximum Gasteiger partial charge on any atom is 0.266 e. The highest BCUT2D eigenvalue weighted by molar-refractivity contribution is 8.01. The van der Waals surface area contributed by atoms with Crippen molar-refractivity contribution in [1.82, 2.24) is 9.55 Å². The van der Waals surface area contributed by atoms with Crippen LogP contribution in [0.4, 0.5) is 0 Å². The Labute approximate surface area is 166 Å². The van der Waals surface area contributed by atoms with Gasteiger partial charge in [-0.3, -0.25) is 9.36 Å². The Morgan fingerprint density at radius 2 is 1.89 bits per heavy atom. The van der Waals surface area contributed by atoms with E-state index in [1.807, 2.05) is 24.3 Å². The van der Waals surface area contributed by atoms with Gasteiger partial charge in [-0.15, -0.1) is 11.8 Å². The fraction of sp³-hybridized carbons (Fsp3) is 0.263. The molecule has 5 nitrogen and oxygen atoms in total. The molecular weight excluding hydrogens is 404 g/mol. The van der Waals surface area contributed by atoms with Gasteiger partial charge in [0, 0.05) is 5.25 Å². The second-order valence-electron chi connectivity index (χ2n) is 6.47. The van der Waals surface area contributed by atoms with E-state index in [-0.39, 0.29) is 22.3 Å². The van der Waals surface area contributed by atoms with Crippen molar-refractivity contribution in [3.8, 4) is 5.69 Å². The van der Waals surface area contributed by atoms with E-state index in [4.69, 9.17) is 11.6 Å². The average Bonchev–Trinajstić information content (AvgIpc) is 3.00. The molecular formula is C19H17ClN2O3S2. The summed E-state index contributed by atoms with van der Waals surface area (Å²) in [4.78, 5) is 17.8. The summed E-state index contributed by atoms with van der Waals surface area (Å²) in [5.41, 5.74) is 1.03. The number of fused-ring (bicyclic) bond motifs is 1. The highest BCUT2D eigenvalue weighted by Crippen LogP contribution is 2.28. The Morgan fingerprint density at radius 3 is 2.63 bits per heavy atom. The molecule has 0 bridgehead atoms. The summed E-state index contributed by atoms with van der Waals surface area (Å²) in [5, 5.41) is 1.01. The molecule has 8 heteroatoms. The van der Waals surface area contributed by atoms with Gasteiger partial charge in [0.05, 0.1) is 38.9 Å². The number of para-hydroxylation sites is 2. The Hall–Kier alpha value is -1.83. The molecule has 0 radical (unpaired) electrons. The number of halogens is 1. The second kappa shape index (κ2) is 7.30. The van der Waals surface area contributed by atoms with Crippen molar-refractivity contribution in [2.24, 2.45) is 0 Å². The first-order valence-electron chi connectivity index (χ1n) is 8.52. The van der Waals surface area contributed by atoms with E-state index >= 15 is 0 Å². The first-order chi connectivity index (χ1) is 12.9. The van der Waals surface area contributed by atoms with Crippen LogP contribution in [0.15, 0.2) is 53.3 Å². The Kier molecular flexibility index (Phi) is 5.01. The number of hydrogen-bond acceptors (Lipinski definition) is 5. The van der Waals surface area contributed by atoms with Crippen LogP contribution in [0, 0.1) is 0 Å². The standard InChI is InChI=1S/C19H17ClN2O3S2/c20-15-6-2-4-8-17(15)22-18(11-26-13-9-10-27(24,25)12-13)21-16-7-3-1-5-14(16)19(22)23/h1-8,13H,9-12H2. The molecule has 1 unspecified atom stereocenters. The number of nitrogens with zero attached hydrogens (tertiary/aromatic N) is 2. The largest absolute Gasteiger partial charge is 0.268 e. The minimum Gasteiger partial charge on any atom is -0.268 e. The third-order valence-corrected chi connectivity index (χ3v) is 8.17.